The quantitative estimate of drug-likeness (QED) is 0.193. The maximum Gasteiger partial charge on any atom is 0.0933 e. The first-order chi connectivity index (χ1) is 22.8. The van der Waals surface area contributed by atoms with Gasteiger partial charge in [-0.3, -0.25) is 0 Å². The Labute approximate surface area is 264 Å². The summed E-state index contributed by atoms with van der Waals surface area (Å²) >= 11 is 0. The van der Waals surface area contributed by atoms with Crippen LogP contribution >= 0.6 is 0 Å². The molecule has 0 radical (unpaired) electrons. The molecule has 0 bridgehead atoms. The summed E-state index contributed by atoms with van der Waals surface area (Å²) in [6.45, 7) is 0. The Morgan fingerprint density at radius 1 is 0.391 bits per heavy atom. The first kappa shape index (κ1) is 25.1. The number of para-hydroxylation sites is 2. The fourth-order valence-corrected chi connectivity index (χ4v) is 7.18. The highest BCUT2D eigenvalue weighted by molar-refractivity contribution is 6.20. The summed E-state index contributed by atoms with van der Waals surface area (Å²) in [5, 5.41) is 12.0. The van der Waals surface area contributed by atoms with Crippen molar-refractivity contribution in [3.05, 3.63) is 158 Å². The van der Waals surface area contributed by atoms with Crippen molar-refractivity contribution >= 4 is 59.9 Å². The molecule has 0 saturated heterocycles. The van der Waals surface area contributed by atoms with Crippen molar-refractivity contribution < 1.29 is 0 Å². The minimum absolute atomic E-state index is 1.00. The lowest BCUT2D eigenvalue weighted by molar-refractivity contribution is 0.983. The van der Waals surface area contributed by atoms with Crippen LogP contribution in [0.3, 0.4) is 0 Å². The van der Waals surface area contributed by atoms with Gasteiger partial charge in [0.05, 0.1) is 33.3 Å². The van der Waals surface area contributed by atoms with E-state index >= 15 is 0 Å². The highest BCUT2D eigenvalue weighted by Gasteiger charge is 2.18. The van der Waals surface area contributed by atoms with E-state index in [-0.39, 0.29) is 0 Å². The summed E-state index contributed by atoms with van der Waals surface area (Å²) in [5.74, 6) is 0. The van der Waals surface area contributed by atoms with Crippen molar-refractivity contribution in [2.24, 2.45) is 0 Å². The van der Waals surface area contributed by atoms with Gasteiger partial charge in [-0.25, -0.2) is 9.50 Å². The molecule has 0 aliphatic rings. The SMILES string of the molecule is c1ccc(-c2nc3ccccc3c3cc4c5ccccc5n(-c5cccc(-c6ccc7c8ccccc8nn7c6)c5)c4cc23)cc1. The van der Waals surface area contributed by atoms with E-state index in [1.54, 1.807) is 0 Å². The van der Waals surface area contributed by atoms with Gasteiger partial charge in [0.25, 0.3) is 0 Å². The lowest BCUT2D eigenvalue weighted by Crippen LogP contribution is -1.96. The number of nitrogens with zero attached hydrogens (tertiary/aromatic N) is 4. The lowest BCUT2D eigenvalue weighted by atomic mass is 9.98. The Kier molecular flexibility index (Phi) is 5.25. The largest absolute Gasteiger partial charge is 0.309 e. The van der Waals surface area contributed by atoms with E-state index < -0.39 is 0 Å². The molecule has 0 fully saturated rings. The molecular weight excluding hydrogens is 560 g/mol. The molecule has 0 aliphatic carbocycles. The zero-order chi connectivity index (χ0) is 30.2. The van der Waals surface area contributed by atoms with Gasteiger partial charge in [-0.05, 0) is 59.5 Å². The Hall–Kier alpha value is -6.26. The van der Waals surface area contributed by atoms with Gasteiger partial charge in [-0.1, -0.05) is 103 Å². The summed E-state index contributed by atoms with van der Waals surface area (Å²) < 4.78 is 4.40. The minimum atomic E-state index is 1.00. The average Bonchev–Trinajstić information content (AvgIpc) is 3.66. The summed E-state index contributed by atoms with van der Waals surface area (Å²) in [7, 11) is 0. The van der Waals surface area contributed by atoms with E-state index in [0.717, 1.165) is 60.9 Å². The second-order valence-electron chi connectivity index (χ2n) is 11.9. The molecule has 46 heavy (non-hydrogen) atoms. The van der Waals surface area contributed by atoms with E-state index in [2.05, 4.69) is 156 Å². The van der Waals surface area contributed by atoms with Crippen LogP contribution in [-0.2, 0) is 0 Å². The monoisotopic (exact) mass is 586 g/mol. The van der Waals surface area contributed by atoms with E-state index in [0.29, 0.717) is 0 Å². The zero-order valence-electron chi connectivity index (χ0n) is 24.8. The topological polar surface area (TPSA) is 35.1 Å². The lowest BCUT2D eigenvalue weighted by Gasteiger charge is -2.13. The zero-order valence-corrected chi connectivity index (χ0v) is 24.8. The molecule has 4 nitrogen and oxygen atoms in total. The molecule has 6 aromatic carbocycles. The Morgan fingerprint density at radius 3 is 2.02 bits per heavy atom. The summed E-state index contributed by atoms with van der Waals surface area (Å²) in [6, 6.07) is 54.0. The molecule has 0 spiro atoms. The van der Waals surface area contributed by atoms with Gasteiger partial charge in [0.1, 0.15) is 0 Å². The molecule has 4 heteroatoms. The Morgan fingerprint density at radius 2 is 1.13 bits per heavy atom. The number of hydrogen-bond donors (Lipinski definition) is 0. The highest BCUT2D eigenvalue weighted by Crippen LogP contribution is 2.40. The molecule has 214 valence electrons. The predicted molar refractivity (Wildman–Crippen MR) is 191 cm³/mol. The smallest absolute Gasteiger partial charge is 0.0933 e. The second-order valence-corrected chi connectivity index (χ2v) is 11.9. The highest BCUT2D eigenvalue weighted by atomic mass is 15.2. The van der Waals surface area contributed by atoms with Crippen LogP contribution in [0.25, 0.3) is 88.0 Å². The fourth-order valence-electron chi connectivity index (χ4n) is 7.18. The minimum Gasteiger partial charge on any atom is -0.309 e. The van der Waals surface area contributed by atoms with Gasteiger partial charge in [-0.15, -0.1) is 0 Å². The number of pyridine rings is 2. The molecule has 4 heterocycles. The molecule has 0 amide bonds. The number of benzene rings is 6. The predicted octanol–water partition coefficient (Wildman–Crippen LogP) is 10.6. The molecule has 10 rings (SSSR count). The third-order valence-electron chi connectivity index (χ3n) is 9.30. The van der Waals surface area contributed by atoms with Crippen molar-refractivity contribution in [3.63, 3.8) is 0 Å². The normalized spacial score (nSPS) is 11.9. The standard InChI is InChI=1S/C42H26N4/c1-2-11-27(12-3-1)42-36-25-41-35(24-34(36)31-15-4-7-18-37(31)43-42)32-16-6-9-20-40(32)46(41)30-14-10-13-28(23-30)29-21-22-39-33-17-5-8-19-38(33)44-45(39)26-29/h1-26H. The molecule has 0 aliphatic heterocycles. The first-order valence-corrected chi connectivity index (χ1v) is 15.6. The molecule has 4 aromatic heterocycles. The Balaban J connectivity index is 1.24. The van der Waals surface area contributed by atoms with Crippen molar-refractivity contribution in [1.82, 2.24) is 19.2 Å². The number of rotatable bonds is 3. The third kappa shape index (κ3) is 3.67. The van der Waals surface area contributed by atoms with Gasteiger partial charge >= 0.3 is 0 Å². The van der Waals surface area contributed by atoms with Crippen LogP contribution in [0.4, 0.5) is 0 Å². The van der Waals surface area contributed by atoms with E-state index in [4.69, 9.17) is 10.1 Å². The van der Waals surface area contributed by atoms with E-state index in [1.165, 1.54) is 27.1 Å². The number of aromatic nitrogens is 4. The van der Waals surface area contributed by atoms with Gasteiger partial charge < -0.3 is 4.57 Å². The average molecular weight is 587 g/mol. The number of hydrogen-bond acceptors (Lipinski definition) is 2. The fraction of sp³-hybridized carbons (Fsp3) is 0. The van der Waals surface area contributed by atoms with Gasteiger partial charge in [-0.2, -0.15) is 5.10 Å². The van der Waals surface area contributed by atoms with Crippen LogP contribution in [0.2, 0.25) is 0 Å². The van der Waals surface area contributed by atoms with Crippen molar-refractivity contribution in [2.45, 2.75) is 0 Å². The second kappa shape index (κ2) is 9.62. The van der Waals surface area contributed by atoms with Crippen LogP contribution in [0.1, 0.15) is 0 Å². The maximum atomic E-state index is 5.21. The van der Waals surface area contributed by atoms with Gasteiger partial charge in [0.15, 0.2) is 0 Å². The van der Waals surface area contributed by atoms with Gasteiger partial charge in [0, 0.05) is 49.9 Å². The summed E-state index contributed by atoms with van der Waals surface area (Å²) in [4.78, 5) is 5.21. The van der Waals surface area contributed by atoms with Crippen molar-refractivity contribution in [3.8, 4) is 28.1 Å². The van der Waals surface area contributed by atoms with Crippen LogP contribution in [-0.4, -0.2) is 19.2 Å². The first-order valence-electron chi connectivity index (χ1n) is 15.6. The van der Waals surface area contributed by atoms with Crippen LogP contribution in [0.15, 0.2) is 158 Å². The van der Waals surface area contributed by atoms with Crippen LogP contribution in [0, 0.1) is 0 Å². The van der Waals surface area contributed by atoms with E-state index in [9.17, 15) is 0 Å². The van der Waals surface area contributed by atoms with Crippen LogP contribution in [0.5, 0.6) is 0 Å². The summed E-state index contributed by atoms with van der Waals surface area (Å²) in [5.41, 5.74) is 11.0. The molecule has 0 unspecified atom stereocenters. The van der Waals surface area contributed by atoms with E-state index in [1.807, 2.05) is 10.6 Å². The molecule has 0 saturated carbocycles. The van der Waals surface area contributed by atoms with Crippen molar-refractivity contribution in [2.75, 3.05) is 0 Å². The van der Waals surface area contributed by atoms with Gasteiger partial charge in [0.2, 0.25) is 0 Å². The molecule has 0 atom stereocenters. The van der Waals surface area contributed by atoms with Crippen LogP contribution < -0.4 is 0 Å². The Bertz CT molecular complexity index is 2810. The third-order valence-corrected chi connectivity index (χ3v) is 9.30. The molecular formula is C42H26N4. The molecule has 0 N–H and O–H groups in total. The van der Waals surface area contributed by atoms with Crippen molar-refractivity contribution in [1.29, 1.82) is 0 Å². The summed E-state index contributed by atoms with van der Waals surface area (Å²) in [6.07, 6.45) is 2.14. The molecule has 10 aromatic rings. The maximum absolute atomic E-state index is 5.21. The number of fused-ring (bicyclic) bond motifs is 9.